The number of amides is 2. The predicted octanol–water partition coefficient (Wildman–Crippen LogP) is 3.86. The summed E-state index contributed by atoms with van der Waals surface area (Å²) in [7, 11) is 0. The van der Waals surface area contributed by atoms with Crippen molar-refractivity contribution in [3.05, 3.63) is 71.3 Å². The van der Waals surface area contributed by atoms with E-state index in [-0.39, 0.29) is 0 Å². The van der Waals surface area contributed by atoms with Crippen LogP contribution in [0.5, 0.6) is 0 Å². The summed E-state index contributed by atoms with van der Waals surface area (Å²) in [6, 6.07) is 17.2. The summed E-state index contributed by atoms with van der Waals surface area (Å²) in [5, 5.41) is 4.11. The summed E-state index contributed by atoms with van der Waals surface area (Å²) >= 11 is 0. The molecule has 0 spiro atoms. The van der Waals surface area contributed by atoms with Crippen LogP contribution in [0.15, 0.2) is 59.8 Å². The summed E-state index contributed by atoms with van der Waals surface area (Å²) in [4.78, 5) is 32.4. The fourth-order valence-corrected chi connectivity index (χ4v) is 3.86. The molecule has 2 aliphatic rings. The number of oxime groups is 1. The lowest BCUT2D eigenvalue weighted by molar-refractivity contribution is -0.140. The van der Waals surface area contributed by atoms with Gasteiger partial charge in [-0.1, -0.05) is 65.3 Å². The highest BCUT2D eigenvalue weighted by Crippen LogP contribution is 2.33. The highest BCUT2D eigenvalue weighted by Gasteiger charge is 2.52. The number of nitrogens with zero attached hydrogens (tertiary/aromatic N) is 2. The predicted molar refractivity (Wildman–Crippen MR) is 109 cm³/mol. The lowest BCUT2D eigenvalue weighted by Gasteiger charge is -2.28. The Hall–Kier alpha value is -3.15. The molecule has 4 rings (SSSR count). The van der Waals surface area contributed by atoms with Crippen LogP contribution in [0.1, 0.15) is 37.0 Å². The lowest BCUT2D eigenvalue weighted by atomic mass is 9.91. The molecule has 150 valence electrons. The summed E-state index contributed by atoms with van der Waals surface area (Å²) in [6.07, 6.45) is -0.618. The van der Waals surface area contributed by atoms with Crippen LogP contribution in [-0.2, 0) is 20.8 Å². The van der Waals surface area contributed by atoms with Gasteiger partial charge >= 0.3 is 6.09 Å². The first-order valence-corrected chi connectivity index (χ1v) is 9.75. The van der Waals surface area contributed by atoms with Crippen molar-refractivity contribution in [3.8, 4) is 0 Å². The quantitative estimate of drug-likeness (QED) is 0.792. The number of imide groups is 1. The fraction of sp³-hybridized carbons (Fsp3) is 0.348. The Morgan fingerprint density at radius 1 is 1.17 bits per heavy atom. The number of benzene rings is 2. The number of rotatable bonds is 4. The summed E-state index contributed by atoms with van der Waals surface area (Å²) < 4.78 is 5.53. The average Bonchev–Trinajstić information content (AvgIpc) is 3.25. The highest BCUT2D eigenvalue weighted by atomic mass is 16.6. The van der Waals surface area contributed by atoms with Crippen molar-refractivity contribution in [2.45, 2.75) is 51.4 Å². The van der Waals surface area contributed by atoms with Crippen molar-refractivity contribution in [1.29, 1.82) is 0 Å². The Morgan fingerprint density at radius 3 is 2.66 bits per heavy atom. The van der Waals surface area contributed by atoms with Crippen LogP contribution in [0.25, 0.3) is 0 Å². The van der Waals surface area contributed by atoms with Crippen molar-refractivity contribution >= 4 is 17.7 Å². The number of hydrogen-bond donors (Lipinski definition) is 0. The number of hydrogen-bond acceptors (Lipinski definition) is 5. The van der Waals surface area contributed by atoms with E-state index < -0.39 is 29.7 Å². The number of ether oxygens (including phenoxy) is 1. The van der Waals surface area contributed by atoms with Crippen molar-refractivity contribution in [2.24, 2.45) is 5.16 Å². The van der Waals surface area contributed by atoms with E-state index >= 15 is 0 Å². The third kappa shape index (κ3) is 3.75. The van der Waals surface area contributed by atoms with E-state index in [9.17, 15) is 9.59 Å². The van der Waals surface area contributed by atoms with Crippen molar-refractivity contribution < 1.29 is 19.2 Å². The molecule has 29 heavy (non-hydrogen) atoms. The van der Waals surface area contributed by atoms with E-state index in [1.165, 1.54) is 4.90 Å². The average molecular weight is 392 g/mol. The van der Waals surface area contributed by atoms with E-state index in [4.69, 9.17) is 9.57 Å². The second-order valence-corrected chi connectivity index (χ2v) is 8.09. The minimum atomic E-state index is -0.828. The molecule has 2 aromatic rings. The molecule has 2 aliphatic heterocycles. The first kappa shape index (κ1) is 19.2. The van der Waals surface area contributed by atoms with Crippen LogP contribution in [-0.4, -0.2) is 40.4 Å². The minimum Gasteiger partial charge on any atom is -0.441 e. The minimum absolute atomic E-state index is 0.324. The third-order valence-electron chi connectivity index (χ3n) is 5.47. The number of carbonyl (C=O) groups is 2. The van der Waals surface area contributed by atoms with Crippen molar-refractivity contribution in [3.63, 3.8) is 0 Å². The first-order chi connectivity index (χ1) is 13.8. The van der Waals surface area contributed by atoms with Crippen LogP contribution in [0.4, 0.5) is 4.79 Å². The van der Waals surface area contributed by atoms with E-state index in [0.717, 1.165) is 16.7 Å². The van der Waals surface area contributed by atoms with Crippen LogP contribution in [0.2, 0.25) is 0 Å². The SMILES string of the molecule is Cc1cccc(C2=NO[C@H](C(=O)N3C(=O)OC(C)(C)[C@@H]3Cc3ccccc3)C2)c1. The van der Waals surface area contributed by atoms with Crippen LogP contribution in [0, 0.1) is 6.92 Å². The van der Waals surface area contributed by atoms with Crippen LogP contribution < -0.4 is 0 Å². The molecule has 2 amide bonds. The van der Waals surface area contributed by atoms with E-state index in [1.807, 2.05) is 75.4 Å². The molecule has 0 aliphatic carbocycles. The molecule has 0 saturated carbocycles. The molecule has 1 fully saturated rings. The standard InChI is InChI=1S/C23H24N2O4/c1-15-8-7-11-17(12-15)18-14-19(29-24-18)21(26)25-20(23(2,3)28-22(25)27)13-16-9-5-4-6-10-16/h4-12,19-20H,13-14H2,1-3H3/t19-,20-/m0/s1. The highest BCUT2D eigenvalue weighted by molar-refractivity contribution is 6.06. The van der Waals surface area contributed by atoms with E-state index in [2.05, 4.69) is 5.16 Å². The lowest BCUT2D eigenvalue weighted by Crippen LogP contribution is -2.49. The maximum atomic E-state index is 13.2. The van der Waals surface area contributed by atoms with Gasteiger partial charge in [0.25, 0.3) is 5.91 Å². The van der Waals surface area contributed by atoms with Crippen LogP contribution in [0.3, 0.4) is 0 Å². The Kier molecular flexibility index (Phi) is 4.86. The molecule has 0 radical (unpaired) electrons. The van der Waals surface area contributed by atoms with Gasteiger partial charge in [-0.25, -0.2) is 9.69 Å². The maximum absolute atomic E-state index is 13.2. The second kappa shape index (κ2) is 7.35. The van der Waals surface area contributed by atoms with Crippen LogP contribution >= 0.6 is 0 Å². The number of cyclic esters (lactones) is 1. The Bertz CT molecular complexity index is 968. The molecule has 6 nitrogen and oxygen atoms in total. The summed E-state index contributed by atoms with van der Waals surface area (Å²) in [5.74, 6) is -0.409. The zero-order chi connectivity index (χ0) is 20.6. The fourth-order valence-electron chi connectivity index (χ4n) is 3.86. The van der Waals surface area contributed by atoms with E-state index in [0.29, 0.717) is 18.6 Å². The van der Waals surface area contributed by atoms with Crippen molar-refractivity contribution in [1.82, 2.24) is 4.90 Å². The van der Waals surface area contributed by atoms with Gasteiger partial charge in [-0.15, -0.1) is 0 Å². The number of aryl methyl sites for hydroxylation is 1. The van der Waals surface area contributed by atoms with Gasteiger partial charge in [0.05, 0.1) is 11.8 Å². The summed E-state index contributed by atoms with van der Waals surface area (Å²) in [5.41, 5.74) is 2.98. The monoisotopic (exact) mass is 392 g/mol. The van der Waals surface area contributed by atoms with Gasteiger partial charge in [0.15, 0.2) is 0 Å². The van der Waals surface area contributed by atoms with Gasteiger partial charge in [-0.2, -0.15) is 0 Å². The molecular weight excluding hydrogens is 368 g/mol. The van der Waals surface area contributed by atoms with Crippen molar-refractivity contribution in [2.75, 3.05) is 0 Å². The third-order valence-corrected chi connectivity index (χ3v) is 5.47. The van der Waals surface area contributed by atoms with Gasteiger partial charge in [0.1, 0.15) is 5.60 Å². The van der Waals surface area contributed by atoms with Gasteiger partial charge in [0.2, 0.25) is 6.10 Å². The van der Waals surface area contributed by atoms with Gasteiger partial charge < -0.3 is 9.57 Å². The molecular formula is C23H24N2O4. The molecule has 0 aromatic heterocycles. The maximum Gasteiger partial charge on any atom is 0.417 e. The first-order valence-electron chi connectivity index (χ1n) is 9.75. The largest absolute Gasteiger partial charge is 0.441 e. The Morgan fingerprint density at radius 2 is 1.93 bits per heavy atom. The van der Waals surface area contributed by atoms with Gasteiger partial charge in [0, 0.05) is 6.42 Å². The number of carbonyl (C=O) groups excluding carboxylic acids is 2. The Balaban J connectivity index is 1.53. The molecule has 6 heteroatoms. The molecule has 2 aromatic carbocycles. The topological polar surface area (TPSA) is 68.2 Å². The smallest absolute Gasteiger partial charge is 0.417 e. The zero-order valence-corrected chi connectivity index (χ0v) is 16.8. The Labute approximate surface area is 170 Å². The molecule has 2 heterocycles. The molecule has 0 unspecified atom stereocenters. The molecule has 0 bridgehead atoms. The second-order valence-electron chi connectivity index (χ2n) is 8.09. The van der Waals surface area contributed by atoms with E-state index in [1.54, 1.807) is 0 Å². The molecule has 1 saturated heterocycles. The molecule has 2 atom stereocenters. The van der Waals surface area contributed by atoms with Gasteiger partial charge in [-0.05, 0) is 38.3 Å². The van der Waals surface area contributed by atoms with Gasteiger partial charge in [-0.3, -0.25) is 4.79 Å². The normalized spacial score (nSPS) is 22.8. The molecule has 0 N–H and O–H groups in total. The zero-order valence-electron chi connectivity index (χ0n) is 16.8. The summed E-state index contributed by atoms with van der Waals surface area (Å²) in [6.45, 7) is 5.66.